The van der Waals surface area contributed by atoms with Gasteiger partial charge < -0.3 is 18.9 Å². The summed E-state index contributed by atoms with van der Waals surface area (Å²) in [6, 6.07) is 29.2. The lowest BCUT2D eigenvalue weighted by atomic mass is 9.93. The molecule has 0 aromatic heterocycles. The standard InChI is InChI=1S/C28H31N3O4/c1-21-27(33-18-23-13-7-3-8-14-23)28(34-19-24-15-9-4-10-16-24)26(30-31-29)25(35-21)20-32-17-22-11-5-2-6-12-22/h2-16,21,25-28H,17-20H2,1H3. The molecule has 0 N–H and O–H groups in total. The summed E-state index contributed by atoms with van der Waals surface area (Å²) < 4.78 is 24.9. The van der Waals surface area contributed by atoms with E-state index >= 15 is 0 Å². The van der Waals surface area contributed by atoms with Crippen molar-refractivity contribution >= 4 is 0 Å². The smallest absolute Gasteiger partial charge is 0.110 e. The lowest BCUT2D eigenvalue weighted by molar-refractivity contribution is -0.220. The van der Waals surface area contributed by atoms with Gasteiger partial charge in [-0.1, -0.05) is 96.1 Å². The number of azide groups is 1. The molecule has 0 spiro atoms. The van der Waals surface area contributed by atoms with Gasteiger partial charge in [-0.2, -0.15) is 0 Å². The monoisotopic (exact) mass is 473 g/mol. The minimum atomic E-state index is -0.601. The molecule has 0 amide bonds. The topological polar surface area (TPSA) is 85.7 Å². The van der Waals surface area contributed by atoms with Crippen LogP contribution in [0, 0.1) is 0 Å². The molecular formula is C28H31N3O4. The Kier molecular flexibility index (Phi) is 9.29. The van der Waals surface area contributed by atoms with Gasteiger partial charge >= 0.3 is 0 Å². The highest BCUT2D eigenvalue weighted by Gasteiger charge is 2.45. The van der Waals surface area contributed by atoms with Crippen molar-refractivity contribution in [3.05, 3.63) is 118 Å². The molecule has 5 unspecified atom stereocenters. The molecule has 4 rings (SSSR count). The van der Waals surface area contributed by atoms with Gasteiger partial charge in [0.15, 0.2) is 0 Å². The third kappa shape index (κ3) is 7.15. The van der Waals surface area contributed by atoms with Crippen LogP contribution < -0.4 is 0 Å². The van der Waals surface area contributed by atoms with E-state index in [0.717, 1.165) is 16.7 Å². The Morgan fingerprint density at radius 1 is 0.743 bits per heavy atom. The van der Waals surface area contributed by atoms with Crippen molar-refractivity contribution in [1.29, 1.82) is 0 Å². The average Bonchev–Trinajstić information content (AvgIpc) is 2.90. The molecule has 1 saturated heterocycles. The van der Waals surface area contributed by atoms with Gasteiger partial charge in [-0.25, -0.2) is 0 Å². The first kappa shape index (κ1) is 24.9. The van der Waals surface area contributed by atoms with Crippen LogP contribution in [0.4, 0.5) is 0 Å². The van der Waals surface area contributed by atoms with Crippen LogP contribution >= 0.6 is 0 Å². The first-order valence-corrected chi connectivity index (χ1v) is 11.9. The van der Waals surface area contributed by atoms with E-state index in [1.807, 2.05) is 97.9 Å². The minimum absolute atomic E-state index is 0.277. The number of hydrogen-bond acceptors (Lipinski definition) is 5. The summed E-state index contributed by atoms with van der Waals surface area (Å²) in [6.07, 6.45) is -1.65. The zero-order chi connectivity index (χ0) is 24.3. The molecule has 1 heterocycles. The van der Waals surface area contributed by atoms with Crippen molar-refractivity contribution in [2.24, 2.45) is 5.11 Å². The molecule has 0 aliphatic carbocycles. The minimum Gasteiger partial charge on any atom is -0.374 e. The normalized spacial score (nSPS) is 24.0. The molecule has 1 aliphatic rings. The summed E-state index contributed by atoms with van der Waals surface area (Å²) in [5, 5.41) is 4.09. The number of nitrogens with zero attached hydrogens (tertiary/aromatic N) is 3. The quantitative estimate of drug-likeness (QED) is 0.199. The summed E-state index contributed by atoms with van der Waals surface area (Å²) in [5.41, 5.74) is 12.5. The summed E-state index contributed by atoms with van der Waals surface area (Å²) >= 11 is 0. The number of benzene rings is 3. The van der Waals surface area contributed by atoms with E-state index in [1.165, 1.54) is 0 Å². The van der Waals surface area contributed by atoms with Gasteiger partial charge in [0.1, 0.15) is 6.10 Å². The Balaban J connectivity index is 1.49. The molecule has 0 radical (unpaired) electrons. The van der Waals surface area contributed by atoms with Crippen LogP contribution in [-0.4, -0.2) is 37.1 Å². The van der Waals surface area contributed by atoms with Crippen LogP contribution in [0.25, 0.3) is 10.4 Å². The third-order valence-electron chi connectivity index (χ3n) is 6.04. The highest BCUT2D eigenvalue weighted by atomic mass is 16.6. The van der Waals surface area contributed by atoms with Crippen LogP contribution in [0.2, 0.25) is 0 Å². The van der Waals surface area contributed by atoms with Gasteiger partial charge in [0.25, 0.3) is 0 Å². The predicted octanol–water partition coefficient (Wildman–Crippen LogP) is 5.84. The van der Waals surface area contributed by atoms with Crippen LogP contribution in [0.1, 0.15) is 23.6 Å². The van der Waals surface area contributed by atoms with Crippen molar-refractivity contribution in [3.63, 3.8) is 0 Å². The summed E-state index contributed by atoms with van der Waals surface area (Å²) in [4.78, 5) is 3.11. The summed E-state index contributed by atoms with van der Waals surface area (Å²) in [7, 11) is 0. The Bertz CT molecular complexity index is 1060. The second-order valence-corrected chi connectivity index (χ2v) is 8.60. The second-order valence-electron chi connectivity index (χ2n) is 8.60. The van der Waals surface area contributed by atoms with E-state index in [4.69, 9.17) is 18.9 Å². The predicted molar refractivity (Wildman–Crippen MR) is 133 cm³/mol. The van der Waals surface area contributed by atoms with Crippen molar-refractivity contribution < 1.29 is 18.9 Å². The van der Waals surface area contributed by atoms with Crippen molar-refractivity contribution in [2.75, 3.05) is 6.61 Å². The van der Waals surface area contributed by atoms with Crippen LogP contribution in [0.5, 0.6) is 0 Å². The average molecular weight is 474 g/mol. The van der Waals surface area contributed by atoms with Crippen molar-refractivity contribution in [3.8, 4) is 0 Å². The fourth-order valence-electron chi connectivity index (χ4n) is 4.27. The highest BCUT2D eigenvalue weighted by Crippen LogP contribution is 2.30. The Morgan fingerprint density at radius 3 is 1.74 bits per heavy atom. The Labute approximate surface area is 206 Å². The zero-order valence-electron chi connectivity index (χ0n) is 19.9. The maximum absolute atomic E-state index is 9.37. The molecule has 0 saturated carbocycles. The fraction of sp³-hybridized carbons (Fsp3) is 0.357. The van der Waals surface area contributed by atoms with Crippen LogP contribution in [0.15, 0.2) is 96.1 Å². The lowest BCUT2D eigenvalue weighted by Gasteiger charge is -2.44. The molecule has 1 fully saturated rings. The van der Waals surface area contributed by atoms with E-state index in [9.17, 15) is 5.53 Å². The lowest BCUT2D eigenvalue weighted by Crippen LogP contribution is -2.58. The van der Waals surface area contributed by atoms with Crippen molar-refractivity contribution in [1.82, 2.24) is 0 Å². The zero-order valence-corrected chi connectivity index (χ0v) is 19.9. The molecule has 1 aliphatic heterocycles. The Morgan fingerprint density at radius 2 is 1.23 bits per heavy atom. The molecule has 3 aromatic rings. The second kappa shape index (κ2) is 13.0. The molecule has 5 atom stereocenters. The highest BCUT2D eigenvalue weighted by molar-refractivity contribution is 5.15. The fourth-order valence-corrected chi connectivity index (χ4v) is 4.27. The molecular weight excluding hydrogens is 442 g/mol. The number of ether oxygens (including phenoxy) is 4. The largest absolute Gasteiger partial charge is 0.374 e. The maximum atomic E-state index is 9.37. The van der Waals surface area contributed by atoms with Gasteiger partial charge in [0.05, 0.1) is 50.8 Å². The van der Waals surface area contributed by atoms with Crippen LogP contribution in [0.3, 0.4) is 0 Å². The molecule has 7 nitrogen and oxygen atoms in total. The summed E-state index contributed by atoms with van der Waals surface area (Å²) in [5.74, 6) is 0. The molecule has 0 bridgehead atoms. The Hall–Kier alpha value is -3.19. The number of rotatable bonds is 11. The van der Waals surface area contributed by atoms with E-state index in [-0.39, 0.29) is 12.7 Å². The van der Waals surface area contributed by atoms with Crippen molar-refractivity contribution in [2.45, 2.75) is 57.2 Å². The molecule has 3 aromatic carbocycles. The third-order valence-corrected chi connectivity index (χ3v) is 6.04. The van der Waals surface area contributed by atoms with E-state index in [0.29, 0.717) is 19.8 Å². The van der Waals surface area contributed by atoms with Gasteiger partial charge in [-0.05, 0) is 29.1 Å². The van der Waals surface area contributed by atoms with Gasteiger partial charge in [-0.15, -0.1) is 0 Å². The first-order chi connectivity index (χ1) is 17.2. The van der Waals surface area contributed by atoms with Gasteiger partial charge in [0, 0.05) is 4.91 Å². The van der Waals surface area contributed by atoms with E-state index in [1.54, 1.807) is 0 Å². The van der Waals surface area contributed by atoms with E-state index < -0.39 is 24.4 Å². The molecule has 35 heavy (non-hydrogen) atoms. The molecule has 182 valence electrons. The van der Waals surface area contributed by atoms with Gasteiger partial charge in [-0.3, -0.25) is 0 Å². The molecule has 7 heteroatoms. The summed E-state index contributed by atoms with van der Waals surface area (Å²) in [6.45, 7) is 3.47. The number of hydrogen-bond donors (Lipinski definition) is 0. The first-order valence-electron chi connectivity index (χ1n) is 11.9. The van der Waals surface area contributed by atoms with E-state index in [2.05, 4.69) is 10.0 Å². The SMILES string of the molecule is CC1OC(COCc2ccccc2)C(N=[N+]=[N-])C(OCc2ccccc2)C1OCc1ccccc1. The van der Waals surface area contributed by atoms with Crippen LogP contribution in [-0.2, 0) is 38.8 Å². The van der Waals surface area contributed by atoms with Gasteiger partial charge in [0.2, 0.25) is 0 Å². The maximum Gasteiger partial charge on any atom is 0.110 e.